The molecule has 264 valence electrons. The number of nitrogens with zero attached hydrogens (tertiary/aromatic N) is 3. The number of fused-ring (bicyclic) bond motifs is 3. The van der Waals surface area contributed by atoms with Gasteiger partial charge >= 0.3 is 0 Å². The predicted octanol–water partition coefficient (Wildman–Crippen LogP) is 6.61. The average Bonchev–Trinajstić information content (AvgIpc) is 3.04. The zero-order valence-corrected chi connectivity index (χ0v) is 31.1. The summed E-state index contributed by atoms with van der Waals surface area (Å²) in [7, 11) is 0.502. The van der Waals surface area contributed by atoms with Crippen LogP contribution in [0, 0.1) is 23.7 Å². The molecule has 3 heterocycles. The van der Waals surface area contributed by atoms with E-state index in [4.69, 9.17) is 16.3 Å². The van der Waals surface area contributed by atoms with Crippen LogP contribution in [0.5, 0.6) is 5.75 Å². The fourth-order valence-electron chi connectivity index (χ4n) is 8.43. The first-order chi connectivity index (χ1) is 22.8. The Balaban J connectivity index is 1.33. The second-order valence-corrected chi connectivity index (χ2v) is 18.2. The number of benzene rings is 2. The van der Waals surface area contributed by atoms with E-state index in [9.17, 15) is 13.2 Å². The molecule has 3 aliphatic heterocycles. The highest BCUT2D eigenvalue weighted by molar-refractivity contribution is 7.90. The van der Waals surface area contributed by atoms with Crippen molar-refractivity contribution in [2.75, 3.05) is 51.7 Å². The standard InChI is InChI=1S/C38H55ClN4O4S/c1-26-9-8-11-30(21-42-24-38(3,25-42)41(4)5)34-16-13-31(34)22-43-18-7-6-10-28-19-33(39)15-12-32(28)23-47-36-17-14-29(20-35(36)43)37(44)40-48(45,46)27(26)2/h12,14-15,17,19-20,26-27,30-31,34H,6-11,13,16,18,21-25H2,1-5H3,(H,40,44)/t26-,27+,30-,31-,34-/m0/s1. The predicted molar refractivity (Wildman–Crippen MR) is 194 cm³/mol. The van der Waals surface area contributed by atoms with Gasteiger partial charge in [0.15, 0.2) is 0 Å². The van der Waals surface area contributed by atoms with Crippen molar-refractivity contribution in [3.63, 3.8) is 0 Å². The largest absolute Gasteiger partial charge is 0.487 e. The summed E-state index contributed by atoms with van der Waals surface area (Å²) in [6, 6.07) is 11.4. The highest BCUT2D eigenvalue weighted by Gasteiger charge is 2.44. The molecule has 6 rings (SSSR count). The molecule has 5 atom stereocenters. The second-order valence-electron chi connectivity index (χ2n) is 15.7. The minimum absolute atomic E-state index is 0.0591. The number of hydrogen-bond donors (Lipinski definition) is 1. The van der Waals surface area contributed by atoms with Gasteiger partial charge in [0.05, 0.1) is 10.9 Å². The molecule has 2 bridgehead atoms. The number of nitrogens with one attached hydrogen (secondary N) is 1. The molecule has 48 heavy (non-hydrogen) atoms. The Bertz CT molecular complexity index is 1580. The van der Waals surface area contributed by atoms with Crippen LogP contribution in [-0.2, 0) is 23.1 Å². The van der Waals surface area contributed by atoms with Crippen LogP contribution >= 0.6 is 11.6 Å². The number of likely N-dealkylation sites (tertiary alicyclic amines) is 1. The normalized spacial score (nSPS) is 29.6. The molecular weight excluding hydrogens is 644 g/mol. The van der Waals surface area contributed by atoms with Crippen LogP contribution in [0.1, 0.15) is 87.2 Å². The van der Waals surface area contributed by atoms with Crippen molar-refractivity contribution < 1.29 is 17.9 Å². The van der Waals surface area contributed by atoms with Crippen molar-refractivity contribution in [2.24, 2.45) is 23.7 Å². The Kier molecular flexibility index (Phi) is 10.7. The number of likely N-dealkylation sites (N-methyl/N-ethyl adjacent to an activating group) is 1. The lowest BCUT2D eigenvalue weighted by atomic mass is 9.65. The molecule has 10 heteroatoms. The van der Waals surface area contributed by atoms with Gasteiger partial charge in [0.25, 0.3) is 5.91 Å². The van der Waals surface area contributed by atoms with Gasteiger partial charge in [0, 0.05) is 48.8 Å². The Labute approximate surface area is 293 Å². The fraction of sp³-hybridized carbons (Fsp3) is 0.658. The van der Waals surface area contributed by atoms with Gasteiger partial charge in [-0.05, 0) is 138 Å². The number of hydrogen-bond acceptors (Lipinski definition) is 7. The molecule has 2 aromatic rings. The van der Waals surface area contributed by atoms with E-state index in [-0.39, 0.29) is 11.5 Å². The van der Waals surface area contributed by atoms with E-state index < -0.39 is 21.2 Å². The highest BCUT2D eigenvalue weighted by atomic mass is 35.5. The zero-order valence-electron chi connectivity index (χ0n) is 29.5. The van der Waals surface area contributed by atoms with E-state index in [1.165, 1.54) is 18.4 Å². The first-order valence-corrected chi connectivity index (χ1v) is 20.0. The van der Waals surface area contributed by atoms with Gasteiger partial charge in [-0.3, -0.25) is 9.69 Å². The molecule has 4 aliphatic rings. The Hall–Kier alpha value is -2.33. The van der Waals surface area contributed by atoms with Crippen molar-refractivity contribution in [3.8, 4) is 5.75 Å². The molecule has 0 unspecified atom stereocenters. The van der Waals surface area contributed by atoms with E-state index in [0.717, 1.165) is 93.3 Å². The first kappa shape index (κ1) is 35.5. The fourth-order valence-corrected chi connectivity index (χ4v) is 9.93. The van der Waals surface area contributed by atoms with Crippen LogP contribution in [-0.4, -0.2) is 81.7 Å². The number of carbonyl (C=O) groups excluding carboxylic acids is 1. The van der Waals surface area contributed by atoms with Crippen LogP contribution in [0.4, 0.5) is 5.69 Å². The summed E-state index contributed by atoms with van der Waals surface area (Å²) in [5.74, 6) is 1.84. The quantitative estimate of drug-likeness (QED) is 0.387. The zero-order chi connectivity index (χ0) is 34.2. The third-order valence-corrected chi connectivity index (χ3v) is 14.4. The van der Waals surface area contributed by atoms with E-state index >= 15 is 0 Å². The Morgan fingerprint density at radius 3 is 2.52 bits per heavy atom. The monoisotopic (exact) mass is 698 g/mol. The average molecular weight is 699 g/mol. The third-order valence-electron chi connectivity index (χ3n) is 12.2. The van der Waals surface area contributed by atoms with Gasteiger partial charge < -0.3 is 14.5 Å². The molecule has 1 N–H and O–H groups in total. The molecular formula is C38H55ClN4O4S. The lowest BCUT2D eigenvalue weighted by Crippen LogP contribution is -2.67. The summed E-state index contributed by atoms with van der Waals surface area (Å²) in [5.41, 5.74) is 3.77. The van der Waals surface area contributed by atoms with Crippen molar-refractivity contribution in [2.45, 2.75) is 89.5 Å². The summed E-state index contributed by atoms with van der Waals surface area (Å²) in [5, 5.41) is 0.0632. The molecule has 2 aromatic carbocycles. The number of rotatable bonds is 3. The van der Waals surface area contributed by atoms with Crippen LogP contribution in [0.15, 0.2) is 36.4 Å². The van der Waals surface area contributed by atoms with E-state index in [0.29, 0.717) is 29.9 Å². The SMILES string of the molecule is C[C@@H]1[C@@H](C)CCC[C@@H](CN2CC(C)(N(C)C)C2)[C@@H]2CC[C@H]2CN2CCCCc3cc(Cl)ccc3COc3ccc(cc32)C(=O)NS1(=O)=O. The molecule has 2 fully saturated rings. The van der Waals surface area contributed by atoms with Crippen molar-refractivity contribution in [1.29, 1.82) is 0 Å². The van der Waals surface area contributed by atoms with E-state index in [2.05, 4.69) is 46.5 Å². The van der Waals surface area contributed by atoms with Crippen LogP contribution in [0.25, 0.3) is 0 Å². The van der Waals surface area contributed by atoms with Crippen molar-refractivity contribution in [3.05, 3.63) is 58.1 Å². The van der Waals surface area contributed by atoms with Crippen LogP contribution in [0.3, 0.4) is 0 Å². The maximum absolute atomic E-state index is 13.5. The minimum atomic E-state index is -3.86. The van der Waals surface area contributed by atoms with Gasteiger partial charge in [-0.25, -0.2) is 13.1 Å². The third kappa shape index (κ3) is 7.69. The molecule has 1 aliphatic carbocycles. The summed E-state index contributed by atoms with van der Waals surface area (Å²) in [4.78, 5) is 20.9. The lowest BCUT2D eigenvalue weighted by molar-refractivity contribution is -0.0405. The van der Waals surface area contributed by atoms with Gasteiger partial charge in [-0.2, -0.15) is 0 Å². The molecule has 8 nitrogen and oxygen atoms in total. The number of aryl methyl sites for hydroxylation is 1. The molecule has 1 amide bonds. The summed E-state index contributed by atoms with van der Waals surface area (Å²) < 4.78 is 35.9. The molecule has 1 saturated heterocycles. The Morgan fingerprint density at radius 2 is 1.79 bits per heavy atom. The molecule has 0 spiro atoms. The minimum Gasteiger partial charge on any atom is -0.487 e. The number of sulfonamides is 1. The van der Waals surface area contributed by atoms with E-state index in [1.807, 2.05) is 31.2 Å². The van der Waals surface area contributed by atoms with Crippen LogP contribution in [0.2, 0.25) is 5.02 Å². The number of amides is 1. The van der Waals surface area contributed by atoms with Gasteiger partial charge in [0.2, 0.25) is 10.0 Å². The summed E-state index contributed by atoms with van der Waals surface area (Å²) in [6.45, 7) is 11.5. The number of anilines is 1. The topological polar surface area (TPSA) is 82.2 Å². The first-order valence-electron chi connectivity index (χ1n) is 18.1. The van der Waals surface area contributed by atoms with Gasteiger partial charge in [0.1, 0.15) is 12.4 Å². The lowest BCUT2D eigenvalue weighted by Gasteiger charge is -2.54. The summed E-state index contributed by atoms with van der Waals surface area (Å²) in [6.07, 6.45) is 8.31. The smallest absolute Gasteiger partial charge is 0.264 e. The number of carbonyl (C=O) groups is 1. The van der Waals surface area contributed by atoms with Gasteiger partial charge in [-0.1, -0.05) is 31.0 Å². The maximum Gasteiger partial charge on any atom is 0.264 e. The van der Waals surface area contributed by atoms with E-state index in [1.54, 1.807) is 13.0 Å². The highest BCUT2D eigenvalue weighted by Crippen LogP contribution is 2.45. The molecule has 0 aromatic heterocycles. The van der Waals surface area contributed by atoms with Gasteiger partial charge in [-0.15, -0.1) is 0 Å². The Morgan fingerprint density at radius 1 is 1.00 bits per heavy atom. The number of ether oxygens (including phenoxy) is 1. The van der Waals surface area contributed by atoms with Crippen molar-refractivity contribution in [1.82, 2.24) is 14.5 Å². The number of halogens is 1. The summed E-state index contributed by atoms with van der Waals surface area (Å²) >= 11 is 6.38. The maximum atomic E-state index is 13.5. The molecule has 1 saturated carbocycles. The van der Waals surface area contributed by atoms with Crippen molar-refractivity contribution >= 4 is 33.2 Å². The second kappa shape index (κ2) is 14.5. The van der Waals surface area contributed by atoms with Crippen LogP contribution < -0.4 is 14.4 Å². The molecule has 0 radical (unpaired) electrons.